The van der Waals surface area contributed by atoms with Gasteiger partial charge in [-0.3, -0.25) is 9.78 Å². The van der Waals surface area contributed by atoms with Crippen LogP contribution in [0.1, 0.15) is 29.5 Å². The summed E-state index contributed by atoms with van der Waals surface area (Å²) < 4.78 is 0. The van der Waals surface area contributed by atoms with Crippen molar-refractivity contribution in [3.63, 3.8) is 0 Å². The quantitative estimate of drug-likeness (QED) is 0.794. The van der Waals surface area contributed by atoms with E-state index in [0.29, 0.717) is 6.42 Å². The molecule has 1 atom stereocenters. The summed E-state index contributed by atoms with van der Waals surface area (Å²) in [7, 11) is 0. The summed E-state index contributed by atoms with van der Waals surface area (Å²) in [6.07, 6.45) is 8.48. The molecule has 0 spiro atoms. The zero-order chi connectivity index (χ0) is 11.5. The number of nitrogens with two attached hydrogens (primary N) is 1. The Morgan fingerprint density at radius 2 is 2.19 bits per heavy atom. The topological polar surface area (TPSA) is 76.2 Å². The number of hydrogen-bond donors (Lipinski definition) is 2. The first-order valence-corrected chi connectivity index (χ1v) is 5.61. The van der Waals surface area contributed by atoms with Crippen molar-refractivity contribution in [3.05, 3.63) is 29.1 Å². The van der Waals surface area contributed by atoms with E-state index in [0.717, 1.165) is 18.4 Å². The lowest BCUT2D eigenvalue weighted by atomic mass is 9.88. The zero-order valence-corrected chi connectivity index (χ0v) is 9.15. The lowest BCUT2D eigenvalue weighted by molar-refractivity contribution is -0.138. The fraction of sp³-hybridized carbons (Fsp3) is 0.500. The molecule has 3 N–H and O–H groups in total. The number of nitrogens with zero attached hydrogens (tertiary/aromatic N) is 1. The van der Waals surface area contributed by atoms with Gasteiger partial charge in [0.15, 0.2) is 0 Å². The van der Waals surface area contributed by atoms with E-state index in [-0.39, 0.29) is 0 Å². The minimum Gasteiger partial charge on any atom is -0.480 e. The van der Waals surface area contributed by atoms with Crippen LogP contribution in [0.4, 0.5) is 0 Å². The van der Waals surface area contributed by atoms with Crippen molar-refractivity contribution in [1.29, 1.82) is 0 Å². The number of carbonyl (C=O) groups is 1. The van der Waals surface area contributed by atoms with Crippen molar-refractivity contribution in [1.82, 2.24) is 4.98 Å². The SMILES string of the molecule is NC(Cc1cncc2c1CCCC2)C(=O)O. The highest BCUT2D eigenvalue weighted by Crippen LogP contribution is 2.24. The van der Waals surface area contributed by atoms with E-state index in [2.05, 4.69) is 4.98 Å². The second-order valence-corrected chi connectivity index (χ2v) is 4.29. The highest BCUT2D eigenvalue weighted by atomic mass is 16.4. The summed E-state index contributed by atoms with van der Waals surface area (Å²) in [5.74, 6) is -0.951. The van der Waals surface area contributed by atoms with Crippen LogP contribution in [0.25, 0.3) is 0 Å². The van der Waals surface area contributed by atoms with Crippen LogP contribution < -0.4 is 5.73 Å². The van der Waals surface area contributed by atoms with Gasteiger partial charge in [-0.05, 0) is 42.4 Å². The Hall–Kier alpha value is -1.42. The molecule has 1 aromatic heterocycles. The van der Waals surface area contributed by atoms with Crippen molar-refractivity contribution in [3.8, 4) is 0 Å². The molecule has 4 nitrogen and oxygen atoms in total. The molecular formula is C12H16N2O2. The molecule has 86 valence electrons. The summed E-state index contributed by atoms with van der Waals surface area (Å²) in [6, 6.07) is -0.824. The second kappa shape index (κ2) is 4.61. The zero-order valence-electron chi connectivity index (χ0n) is 9.15. The number of hydrogen-bond acceptors (Lipinski definition) is 3. The van der Waals surface area contributed by atoms with Gasteiger partial charge in [-0.1, -0.05) is 0 Å². The van der Waals surface area contributed by atoms with Crippen LogP contribution in [0.3, 0.4) is 0 Å². The molecule has 0 aliphatic heterocycles. The molecular weight excluding hydrogens is 204 g/mol. The molecule has 0 radical (unpaired) electrons. The number of carboxylic acids is 1. The Kier molecular flexibility index (Phi) is 3.19. The Bertz CT molecular complexity index is 404. The van der Waals surface area contributed by atoms with Crippen LogP contribution in [0.5, 0.6) is 0 Å². The van der Waals surface area contributed by atoms with Gasteiger partial charge in [0.2, 0.25) is 0 Å². The van der Waals surface area contributed by atoms with Gasteiger partial charge in [0, 0.05) is 18.8 Å². The maximum absolute atomic E-state index is 10.7. The molecule has 1 unspecified atom stereocenters. The number of rotatable bonds is 3. The molecule has 0 aromatic carbocycles. The molecule has 1 aliphatic carbocycles. The molecule has 0 bridgehead atoms. The summed E-state index contributed by atoms with van der Waals surface area (Å²) in [5, 5.41) is 8.80. The fourth-order valence-corrected chi connectivity index (χ4v) is 2.23. The Morgan fingerprint density at radius 1 is 1.44 bits per heavy atom. The van der Waals surface area contributed by atoms with Gasteiger partial charge in [0.05, 0.1) is 0 Å². The first-order valence-electron chi connectivity index (χ1n) is 5.61. The third kappa shape index (κ3) is 2.22. The van der Waals surface area contributed by atoms with Crippen molar-refractivity contribution in [2.24, 2.45) is 5.73 Å². The molecule has 1 aromatic rings. The highest BCUT2D eigenvalue weighted by Gasteiger charge is 2.18. The first-order chi connectivity index (χ1) is 7.68. The van der Waals surface area contributed by atoms with Gasteiger partial charge in [0.1, 0.15) is 6.04 Å². The van der Waals surface area contributed by atoms with Crippen LogP contribution in [-0.2, 0) is 24.1 Å². The number of pyridine rings is 1. The molecule has 1 aliphatic rings. The third-order valence-electron chi connectivity index (χ3n) is 3.12. The van der Waals surface area contributed by atoms with Gasteiger partial charge < -0.3 is 10.8 Å². The largest absolute Gasteiger partial charge is 0.480 e. The maximum atomic E-state index is 10.7. The Morgan fingerprint density at radius 3 is 2.94 bits per heavy atom. The van der Waals surface area contributed by atoms with Crippen molar-refractivity contribution < 1.29 is 9.90 Å². The van der Waals surface area contributed by atoms with Crippen LogP contribution in [-0.4, -0.2) is 22.1 Å². The number of carboxylic acid groups (broad SMARTS) is 1. The third-order valence-corrected chi connectivity index (χ3v) is 3.12. The van der Waals surface area contributed by atoms with E-state index in [1.807, 2.05) is 6.20 Å². The second-order valence-electron chi connectivity index (χ2n) is 4.29. The van der Waals surface area contributed by atoms with E-state index < -0.39 is 12.0 Å². The fourth-order valence-electron chi connectivity index (χ4n) is 2.23. The molecule has 0 saturated heterocycles. The number of fused-ring (bicyclic) bond motifs is 1. The Balaban J connectivity index is 2.24. The van der Waals surface area contributed by atoms with Crippen molar-refractivity contribution in [2.45, 2.75) is 38.1 Å². The standard InChI is InChI=1S/C12H16N2O2/c13-11(12(15)16)5-9-7-14-6-8-3-1-2-4-10(8)9/h6-7,11H,1-5,13H2,(H,15,16). The minimum absolute atomic E-state index is 0.380. The van der Waals surface area contributed by atoms with E-state index in [9.17, 15) is 4.79 Å². The van der Waals surface area contributed by atoms with Crippen molar-refractivity contribution in [2.75, 3.05) is 0 Å². The molecule has 0 amide bonds. The first kappa shape index (κ1) is 11.1. The molecule has 16 heavy (non-hydrogen) atoms. The van der Waals surface area contributed by atoms with Gasteiger partial charge >= 0.3 is 5.97 Å². The average Bonchev–Trinajstić information content (AvgIpc) is 2.29. The summed E-state index contributed by atoms with van der Waals surface area (Å²) in [4.78, 5) is 14.9. The van der Waals surface area contributed by atoms with Crippen LogP contribution >= 0.6 is 0 Å². The van der Waals surface area contributed by atoms with Gasteiger partial charge in [-0.25, -0.2) is 0 Å². The monoisotopic (exact) mass is 220 g/mol. The Labute approximate surface area is 94.5 Å². The maximum Gasteiger partial charge on any atom is 0.320 e. The number of aromatic nitrogens is 1. The van der Waals surface area contributed by atoms with Crippen LogP contribution in [0.15, 0.2) is 12.4 Å². The van der Waals surface area contributed by atoms with E-state index in [1.165, 1.54) is 24.0 Å². The summed E-state index contributed by atoms with van der Waals surface area (Å²) in [5.41, 5.74) is 9.10. The number of aryl methyl sites for hydroxylation is 1. The molecule has 2 rings (SSSR count). The van der Waals surface area contributed by atoms with Crippen LogP contribution in [0, 0.1) is 0 Å². The van der Waals surface area contributed by atoms with Gasteiger partial charge in [-0.15, -0.1) is 0 Å². The molecule has 1 heterocycles. The van der Waals surface area contributed by atoms with Crippen molar-refractivity contribution >= 4 is 5.97 Å². The lowest BCUT2D eigenvalue weighted by Crippen LogP contribution is -2.32. The predicted molar refractivity (Wildman–Crippen MR) is 60.2 cm³/mol. The molecule has 0 saturated carbocycles. The van der Waals surface area contributed by atoms with Crippen LogP contribution in [0.2, 0.25) is 0 Å². The summed E-state index contributed by atoms with van der Waals surface area (Å²) in [6.45, 7) is 0. The predicted octanol–water partition coefficient (Wildman–Crippen LogP) is 0.915. The smallest absolute Gasteiger partial charge is 0.320 e. The molecule has 0 fully saturated rings. The molecule has 4 heteroatoms. The van der Waals surface area contributed by atoms with E-state index in [1.54, 1.807) is 6.20 Å². The minimum atomic E-state index is -0.951. The van der Waals surface area contributed by atoms with E-state index >= 15 is 0 Å². The number of aliphatic carboxylic acids is 1. The normalized spacial score (nSPS) is 16.6. The summed E-state index contributed by atoms with van der Waals surface area (Å²) >= 11 is 0. The average molecular weight is 220 g/mol. The lowest BCUT2D eigenvalue weighted by Gasteiger charge is -2.19. The van der Waals surface area contributed by atoms with E-state index in [4.69, 9.17) is 10.8 Å². The van der Waals surface area contributed by atoms with Gasteiger partial charge in [-0.2, -0.15) is 0 Å². The van der Waals surface area contributed by atoms with Gasteiger partial charge in [0.25, 0.3) is 0 Å². The highest BCUT2D eigenvalue weighted by molar-refractivity contribution is 5.73.